The number of halogens is 1. The Kier molecular flexibility index (Phi) is 10.1. The Balaban J connectivity index is 1.16. The largest absolute Gasteiger partial charge is 0.336 e. The molecule has 1 aliphatic carbocycles. The van der Waals surface area contributed by atoms with Gasteiger partial charge in [0.05, 0.1) is 29.2 Å². The molecule has 1 atom stereocenters. The zero-order chi connectivity index (χ0) is 34.5. The number of piperazine rings is 1. The molecule has 1 aromatic carbocycles. The lowest BCUT2D eigenvalue weighted by atomic mass is 9.69. The molecule has 3 aliphatic rings. The van der Waals surface area contributed by atoms with Crippen molar-refractivity contribution in [1.29, 1.82) is 0 Å². The molecule has 0 radical (unpaired) electrons. The maximum absolute atomic E-state index is 14.6. The molecule has 2 saturated heterocycles. The van der Waals surface area contributed by atoms with Crippen LogP contribution in [0, 0.1) is 30.5 Å². The van der Waals surface area contributed by atoms with Crippen LogP contribution in [-0.4, -0.2) is 113 Å². The molecule has 11 heteroatoms. The van der Waals surface area contributed by atoms with Gasteiger partial charge in [0, 0.05) is 81.7 Å². The number of pyridine rings is 1. The van der Waals surface area contributed by atoms with Gasteiger partial charge in [-0.05, 0) is 94.0 Å². The van der Waals surface area contributed by atoms with Crippen LogP contribution < -0.4 is 0 Å². The van der Waals surface area contributed by atoms with Gasteiger partial charge in [-0.15, -0.1) is 0 Å². The van der Waals surface area contributed by atoms with Crippen LogP contribution in [0.4, 0.5) is 4.39 Å². The molecule has 4 heterocycles. The van der Waals surface area contributed by atoms with Crippen LogP contribution in [0.2, 0.25) is 0 Å². The van der Waals surface area contributed by atoms with Gasteiger partial charge in [-0.2, -0.15) is 4.31 Å². The SMILES string of the molecule is CCN(C(=O)c1cc(F)ccc1-n1cc(CC2CN(C(C(C)C)C3CC(N4CCN(S(C)(=O)=O)CC4)C3)C2)c2c(C)cncc21)C(C)C. The van der Waals surface area contributed by atoms with Crippen molar-refractivity contribution in [2.45, 2.75) is 78.9 Å². The Hall–Kier alpha value is -2.86. The van der Waals surface area contributed by atoms with E-state index >= 15 is 0 Å². The smallest absolute Gasteiger partial charge is 0.256 e. The lowest BCUT2D eigenvalue weighted by Gasteiger charge is -2.55. The predicted molar refractivity (Wildman–Crippen MR) is 190 cm³/mol. The number of aryl methyl sites for hydroxylation is 1. The summed E-state index contributed by atoms with van der Waals surface area (Å²) >= 11 is 0. The van der Waals surface area contributed by atoms with E-state index in [0.29, 0.717) is 60.7 Å². The molecule has 3 fully saturated rings. The van der Waals surface area contributed by atoms with E-state index in [0.717, 1.165) is 43.7 Å². The highest BCUT2D eigenvalue weighted by Crippen LogP contribution is 2.42. The van der Waals surface area contributed by atoms with Crippen LogP contribution in [0.1, 0.15) is 68.9 Å². The van der Waals surface area contributed by atoms with Gasteiger partial charge in [-0.3, -0.25) is 19.6 Å². The van der Waals surface area contributed by atoms with Gasteiger partial charge in [-0.25, -0.2) is 12.8 Å². The van der Waals surface area contributed by atoms with Gasteiger partial charge in [0.15, 0.2) is 0 Å². The second-order valence-electron chi connectivity index (χ2n) is 15.1. The van der Waals surface area contributed by atoms with Gasteiger partial charge in [0.1, 0.15) is 5.82 Å². The summed E-state index contributed by atoms with van der Waals surface area (Å²) in [5.41, 5.74) is 4.32. The lowest BCUT2D eigenvalue weighted by molar-refractivity contribution is -0.0496. The summed E-state index contributed by atoms with van der Waals surface area (Å²) in [7, 11) is -3.11. The molecule has 0 bridgehead atoms. The molecule has 1 unspecified atom stereocenters. The van der Waals surface area contributed by atoms with E-state index in [2.05, 4.69) is 41.8 Å². The number of carbonyl (C=O) groups is 1. The number of sulfonamides is 1. The van der Waals surface area contributed by atoms with E-state index in [1.54, 1.807) is 15.3 Å². The third-order valence-corrected chi connectivity index (χ3v) is 12.4. The minimum atomic E-state index is -3.11. The lowest BCUT2D eigenvalue weighted by Crippen LogP contribution is -2.62. The fraction of sp³-hybridized carbons (Fsp3) is 0.622. The Labute approximate surface area is 286 Å². The van der Waals surface area contributed by atoms with Crippen LogP contribution in [-0.2, 0) is 16.4 Å². The Morgan fingerprint density at radius 2 is 1.75 bits per heavy atom. The topological polar surface area (TPSA) is 82.0 Å². The number of aromatic nitrogens is 2. The molecule has 2 aliphatic heterocycles. The Morgan fingerprint density at radius 1 is 1.06 bits per heavy atom. The van der Waals surface area contributed by atoms with E-state index in [4.69, 9.17) is 0 Å². The summed E-state index contributed by atoms with van der Waals surface area (Å²) in [6, 6.07) is 5.64. The first-order valence-electron chi connectivity index (χ1n) is 17.7. The van der Waals surface area contributed by atoms with Crippen molar-refractivity contribution in [1.82, 2.24) is 28.6 Å². The monoisotopic (exact) mass is 680 g/mol. The normalized spacial score (nSPS) is 22.3. The van der Waals surface area contributed by atoms with Crippen LogP contribution >= 0.6 is 0 Å². The Morgan fingerprint density at radius 3 is 2.35 bits per heavy atom. The minimum Gasteiger partial charge on any atom is -0.336 e. The first-order chi connectivity index (χ1) is 22.8. The summed E-state index contributed by atoms with van der Waals surface area (Å²) in [4.78, 5) is 25.2. The third kappa shape index (κ3) is 6.80. The minimum absolute atomic E-state index is 0.000735. The van der Waals surface area contributed by atoms with Crippen LogP contribution in [0.3, 0.4) is 0 Å². The molecule has 9 nitrogen and oxygen atoms in total. The number of hydrogen-bond donors (Lipinski definition) is 0. The number of amides is 1. The first-order valence-corrected chi connectivity index (χ1v) is 19.6. The first kappa shape index (κ1) is 35.0. The molecule has 0 N–H and O–H groups in total. The second-order valence-corrected chi connectivity index (χ2v) is 17.0. The highest BCUT2D eigenvalue weighted by Gasteiger charge is 2.45. The van der Waals surface area contributed by atoms with Crippen molar-refractivity contribution in [3.05, 3.63) is 59.3 Å². The van der Waals surface area contributed by atoms with E-state index in [-0.39, 0.29) is 11.9 Å². The summed E-state index contributed by atoms with van der Waals surface area (Å²) in [6.45, 7) is 18.2. The summed E-state index contributed by atoms with van der Waals surface area (Å²) in [5.74, 6) is 1.17. The van der Waals surface area contributed by atoms with Crippen molar-refractivity contribution in [2.75, 3.05) is 52.1 Å². The quantitative estimate of drug-likeness (QED) is 0.277. The molecule has 48 heavy (non-hydrogen) atoms. The fourth-order valence-corrected chi connectivity index (χ4v) is 9.57. The van der Waals surface area contributed by atoms with Crippen molar-refractivity contribution in [3.63, 3.8) is 0 Å². The molecular weight excluding hydrogens is 628 g/mol. The second kappa shape index (κ2) is 13.8. The molecule has 1 amide bonds. The van der Waals surface area contributed by atoms with Crippen LogP contribution in [0.25, 0.3) is 16.6 Å². The molecule has 262 valence electrons. The highest BCUT2D eigenvalue weighted by molar-refractivity contribution is 7.88. The Bertz CT molecular complexity index is 1740. The molecule has 2 aromatic heterocycles. The van der Waals surface area contributed by atoms with Crippen molar-refractivity contribution < 1.29 is 17.6 Å². The summed E-state index contributed by atoms with van der Waals surface area (Å²) in [6.07, 6.45) is 10.5. The van der Waals surface area contributed by atoms with Crippen molar-refractivity contribution in [3.8, 4) is 5.69 Å². The summed E-state index contributed by atoms with van der Waals surface area (Å²) in [5, 5.41) is 1.17. The van der Waals surface area contributed by atoms with E-state index < -0.39 is 15.8 Å². The maximum Gasteiger partial charge on any atom is 0.256 e. The van der Waals surface area contributed by atoms with E-state index in [1.807, 2.05) is 37.7 Å². The number of rotatable bonds is 11. The fourth-order valence-electron chi connectivity index (χ4n) is 8.75. The summed E-state index contributed by atoms with van der Waals surface area (Å²) < 4.78 is 42.1. The number of hydrogen-bond acceptors (Lipinski definition) is 6. The van der Waals surface area contributed by atoms with Gasteiger partial charge in [-0.1, -0.05) is 13.8 Å². The average molecular weight is 681 g/mol. The number of benzene rings is 1. The number of fused-ring (bicyclic) bond motifs is 1. The zero-order valence-electron chi connectivity index (χ0n) is 29.7. The average Bonchev–Trinajstić information content (AvgIpc) is 3.35. The van der Waals surface area contributed by atoms with Gasteiger partial charge >= 0.3 is 0 Å². The van der Waals surface area contributed by atoms with E-state index in [1.165, 1.54) is 42.2 Å². The van der Waals surface area contributed by atoms with Crippen molar-refractivity contribution >= 4 is 26.8 Å². The van der Waals surface area contributed by atoms with Gasteiger partial charge < -0.3 is 9.47 Å². The van der Waals surface area contributed by atoms with Crippen LogP contribution in [0.15, 0.2) is 36.8 Å². The predicted octanol–water partition coefficient (Wildman–Crippen LogP) is 5.20. The van der Waals surface area contributed by atoms with Crippen molar-refractivity contribution in [2.24, 2.45) is 17.8 Å². The third-order valence-electron chi connectivity index (χ3n) is 11.1. The van der Waals surface area contributed by atoms with Gasteiger partial charge in [0.25, 0.3) is 5.91 Å². The number of likely N-dealkylation sites (tertiary alicyclic amines) is 1. The molecule has 1 saturated carbocycles. The standard InChI is InChI=1S/C37H53FN6O3S/c1-8-43(25(4)5)37(45)32-18-30(38)9-10-33(32)44-23-29(35-26(6)19-39-20-34(35)44)15-27-21-41(22-27)36(24(2)3)28-16-31(17-28)40-11-13-42(14-12-40)48(7,46)47/h9-10,18-20,23-25,27-28,31,36H,8,11-17,21-22H2,1-7H3. The zero-order valence-corrected chi connectivity index (χ0v) is 30.5. The van der Waals surface area contributed by atoms with Crippen LogP contribution in [0.5, 0.6) is 0 Å². The van der Waals surface area contributed by atoms with Gasteiger partial charge in [0.2, 0.25) is 10.0 Å². The molecule has 0 spiro atoms. The highest BCUT2D eigenvalue weighted by atomic mass is 32.2. The van der Waals surface area contributed by atoms with E-state index in [9.17, 15) is 17.6 Å². The number of carbonyl (C=O) groups excluding carboxylic acids is 1. The molecular formula is C37H53FN6O3S. The molecule has 3 aromatic rings. The maximum atomic E-state index is 14.6. The molecule has 6 rings (SSSR count). The number of nitrogens with zero attached hydrogens (tertiary/aromatic N) is 6.